The Hall–Kier alpha value is -2.19. The molecule has 0 radical (unpaired) electrons. The van der Waals surface area contributed by atoms with Gasteiger partial charge in [0, 0.05) is 24.2 Å². The first-order chi connectivity index (χ1) is 11.5. The van der Waals surface area contributed by atoms with Gasteiger partial charge in [-0.3, -0.25) is 4.79 Å². The molecule has 1 fully saturated rings. The summed E-state index contributed by atoms with van der Waals surface area (Å²) >= 11 is 1.19. The maximum atomic E-state index is 12.3. The summed E-state index contributed by atoms with van der Waals surface area (Å²) in [6.45, 7) is 5.57. The van der Waals surface area contributed by atoms with Crippen molar-refractivity contribution in [1.29, 1.82) is 0 Å². The molecular formula is C16H19N3O4S. The van der Waals surface area contributed by atoms with Gasteiger partial charge in [0.2, 0.25) is 0 Å². The Morgan fingerprint density at radius 2 is 2.08 bits per heavy atom. The molecule has 0 aromatic carbocycles. The molecule has 0 atom stereocenters. The lowest BCUT2D eigenvalue weighted by Gasteiger charge is -2.26. The Morgan fingerprint density at radius 3 is 2.79 bits per heavy atom. The van der Waals surface area contributed by atoms with E-state index in [1.165, 1.54) is 11.3 Å². The summed E-state index contributed by atoms with van der Waals surface area (Å²) < 4.78 is 10.3. The summed E-state index contributed by atoms with van der Waals surface area (Å²) in [6, 6.07) is 1.92. The molecule has 2 aromatic rings. The highest BCUT2D eigenvalue weighted by Crippen LogP contribution is 2.35. The second-order valence-corrected chi connectivity index (χ2v) is 6.67. The fraction of sp³-hybridized carbons (Fsp3) is 0.438. The van der Waals surface area contributed by atoms with Gasteiger partial charge in [0.25, 0.3) is 5.91 Å². The third kappa shape index (κ3) is 3.20. The van der Waals surface area contributed by atoms with Crippen LogP contribution in [0.4, 0.5) is 5.69 Å². The maximum Gasteiger partial charge on any atom is 0.351 e. The van der Waals surface area contributed by atoms with Crippen LogP contribution in [-0.4, -0.2) is 54.7 Å². The van der Waals surface area contributed by atoms with Gasteiger partial charge in [0.1, 0.15) is 9.71 Å². The van der Waals surface area contributed by atoms with E-state index in [0.717, 1.165) is 16.6 Å². The number of amides is 1. The molecule has 3 rings (SSSR count). The molecule has 0 unspecified atom stereocenters. The molecule has 0 saturated carbocycles. The molecule has 1 aliphatic heterocycles. The average molecular weight is 349 g/mol. The van der Waals surface area contributed by atoms with E-state index in [1.807, 2.05) is 19.9 Å². The van der Waals surface area contributed by atoms with Crippen molar-refractivity contribution in [3.8, 4) is 0 Å². The molecule has 1 saturated heterocycles. The lowest BCUT2D eigenvalue weighted by Crippen LogP contribution is -2.42. The zero-order chi connectivity index (χ0) is 17.3. The van der Waals surface area contributed by atoms with E-state index in [-0.39, 0.29) is 12.5 Å². The number of nitrogens with zero attached hydrogens (tertiary/aromatic N) is 2. The van der Waals surface area contributed by atoms with Crippen LogP contribution >= 0.6 is 11.3 Å². The number of ether oxygens (including phenoxy) is 2. The third-order valence-electron chi connectivity index (χ3n) is 3.90. The SMILES string of the molecule is Cc1cc(C)c2c(N)c(C(=O)OCC(=O)N3CCOCC3)sc2n1. The zero-order valence-electron chi connectivity index (χ0n) is 13.6. The van der Waals surface area contributed by atoms with Crippen LogP contribution in [0.25, 0.3) is 10.2 Å². The first kappa shape index (κ1) is 16.7. The molecule has 0 aliphatic carbocycles. The molecule has 0 spiro atoms. The summed E-state index contributed by atoms with van der Waals surface area (Å²) in [5, 5.41) is 0.775. The fourth-order valence-corrected chi connectivity index (χ4v) is 3.83. The highest BCUT2D eigenvalue weighted by molar-refractivity contribution is 7.21. The topological polar surface area (TPSA) is 94.8 Å². The van der Waals surface area contributed by atoms with Crippen molar-refractivity contribution in [1.82, 2.24) is 9.88 Å². The second-order valence-electron chi connectivity index (χ2n) is 5.67. The minimum atomic E-state index is -0.589. The average Bonchev–Trinajstić information content (AvgIpc) is 2.90. The number of nitrogens with two attached hydrogens (primary N) is 1. The fourth-order valence-electron chi connectivity index (χ4n) is 2.72. The molecule has 7 nitrogen and oxygen atoms in total. The number of rotatable bonds is 3. The summed E-state index contributed by atoms with van der Waals surface area (Å²) in [5.74, 6) is -0.814. The van der Waals surface area contributed by atoms with Gasteiger partial charge in [-0.1, -0.05) is 0 Å². The van der Waals surface area contributed by atoms with Gasteiger partial charge in [0.05, 0.1) is 18.9 Å². The lowest BCUT2D eigenvalue weighted by atomic mass is 10.1. The van der Waals surface area contributed by atoms with Crippen molar-refractivity contribution < 1.29 is 19.1 Å². The van der Waals surface area contributed by atoms with E-state index in [9.17, 15) is 9.59 Å². The second kappa shape index (κ2) is 6.74. The van der Waals surface area contributed by atoms with Crippen LogP contribution in [0.2, 0.25) is 0 Å². The van der Waals surface area contributed by atoms with Gasteiger partial charge in [-0.25, -0.2) is 9.78 Å². The molecule has 2 N–H and O–H groups in total. The Labute approximate surface area is 143 Å². The summed E-state index contributed by atoms with van der Waals surface area (Å²) in [5.41, 5.74) is 8.29. The van der Waals surface area contributed by atoms with Crippen molar-refractivity contribution in [2.45, 2.75) is 13.8 Å². The van der Waals surface area contributed by atoms with E-state index >= 15 is 0 Å². The van der Waals surface area contributed by atoms with Gasteiger partial charge in [-0.2, -0.15) is 0 Å². The first-order valence-corrected chi connectivity index (χ1v) is 8.48. The predicted octanol–water partition coefficient (Wildman–Crippen LogP) is 1.51. The summed E-state index contributed by atoms with van der Waals surface area (Å²) in [6.07, 6.45) is 0. The van der Waals surface area contributed by atoms with Gasteiger partial charge >= 0.3 is 5.97 Å². The standard InChI is InChI=1S/C16H19N3O4S/c1-9-7-10(2)18-15-12(9)13(17)14(24-15)16(21)23-8-11(20)19-3-5-22-6-4-19/h7H,3-6,8,17H2,1-2H3. The van der Waals surface area contributed by atoms with Crippen molar-refractivity contribution in [3.05, 3.63) is 22.2 Å². The molecule has 128 valence electrons. The van der Waals surface area contributed by atoms with Crippen LogP contribution in [-0.2, 0) is 14.3 Å². The van der Waals surface area contributed by atoms with Crippen LogP contribution in [0.3, 0.4) is 0 Å². The van der Waals surface area contributed by atoms with Crippen LogP contribution < -0.4 is 5.73 Å². The summed E-state index contributed by atoms with van der Waals surface area (Å²) in [4.78, 5) is 31.4. The predicted molar refractivity (Wildman–Crippen MR) is 91.2 cm³/mol. The molecule has 1 amide bonds. The number of aryl methyl sites for hydroxylation is 2. The van der Waals surface area contributed by atoms with Crippen LogP contribution in [0.5, 0.6) is 0 Å². The van der Waals surface area contributed by atoms with E-state index in [4.69, 9.17) is 15.2 Å². The Kier molecular flexibility index (Phi) is 4.68. The van der Waals surface area contributed by atoms with Gasteiger partial charge in [-0.05, 0) is 25.5 Å². The summed E-state index contributed by atoms with van der Waals surface area (Å²) in [7, 11) is 0. The van der Waals surface area contributed by atoms with E-state index < -0.39 is 5.97 Å². The van der Waals surface area contributed by atoms with Crippen molar-refractivity contribution >= 4 is 39.1 Å². The largest absolute Gasteiger partial charge is 0.451 e. The molecular weight excluding hydrogens is 330 g/mol. The molecule has 3 heterocycles. The third-order valence-corrected chi connectivity index (χ3v) is 4.98. The number of thiophene rings is 1. The highest BCUT2D eigenvalue weighted by Gasteiger charge is 2.23. The quantitative estimate of drug-likeness (QED) is 0.844. The smallest absolute Gasteiger partial charge is 0.351 e. The highest BCUT2D eigenvalue weighted by atomic mass is 32.1. The number of hydrogen-bond acceptors (Lipinski definition) is 7. The van der Waals surface area contributed by atoms with Crippen LogP contribution in [0.15, 0.2) is 6.07 Å². The van der Waals surface area contributed by atoms with E-state index in [1.54, 1.807) is 4.90 Å². The van der Waals surface area contributed by atoms with Crippen molar-refractivity contribution in [3.63, 3.8) is 0 Å². The van der Waals surface area contributed by atoms with E-state index in [0.29, 0.717) is 41.7 Å². The Balaban J connectivity index is 1.73. The minimum absolute atomic E-state index is 0.225. The van der Waals surface area contributed by atoms with Gasteiger partial charge in [0.15, 0.2) is 6.61 Å². The monoisotopic (exact) mass is 349 g/mol. The Bertz CT molecular complexity index is 796. The van der Waals surface area contributed by atoms with E-state index in [2.05, 4.69) is 4.98 Å². The minimum Gasteiger partial charge on any atom is -0.451 e. The maximum absolute atomic E-state index is 12.3. The number of pyridine rings is 1. The van der Waals surface area contributed by atoms with Crippen molar-refractivity contribution in [2.24, 2.45) is 0 Å². The number of nitrogen functional groups attached to an aromatic ring is 1. The molecule has 24 heavy (non-hydrogen) atoms. The Morgan fingerprint density at radius 1 is 1.38 bits per heavy atom. The lowest BCUT2D eigenvalue weighted by molar-refractivity contribution is -0.138. The number of aromatic nitrogens is 1. The number of morpholine rings is 1. The molecule has 0 bridgehead atoms. The van der Waals surface area contributed by atoms with Gasteiger partial charge < -0.3 is 20.1 Å². The molecule has 8 heteroatoms. The van der Waals surface area contributed by atoms with Crippen molar-refractivity contribution in [2.75, 3.05) is 38.6 Å². The number of esters is 1. The first-order valence-electron chi connectivity index (χ1n) is 7.66. The van der Waals surface area contributed by atoms with Crippen LogP contribution in [0, 0.1) is 13.8 Å². The van der Waals surface area contributed by atoms with Crippen LogP contribution in [0.1, 0.15) is 20.9 Å². The molecule has 1 aliphatic rings. The molecule has 2 aromatic heterocycles. The number of anilines is 1. The zero-order valence-corrected chi connectivity index (χ0v) is 14.4. The number of carbonyl (C=O) groups excluding carboxylic acids is 2. The van der Waals surface area contributed by atoms with Gasteiger partial charge in [-0.15, -0.1) is 11.3 Å². The normalized spacial score (nSPS) is 14.8. The number of fused-ring (bicyclic) bond motifs is 1. The number of hydrogen-bond donors (Lipinski definition) is 1. The number of carbonyl (C=O) groups is 2.